The molecule has 1 aliphatic carbocycles. The van der Waals surface area contributed by atoms with Gasteiger partial charge in [0.1, 0.15) is 5.82 Å². The van der Waals surface area contributed by atoms with Gasteiger partial charge in [0.25, 0.3) is 0 Å². The van der Waals surface area contributed by atoms with E-state index in [1.807, 2.05) is 12.3 Å². The minimum absolute atomic E-state index is 0.620. The van der Waals surface area contributed by atoms with Gasteiger partial charge in [-0.15, -0.1) is 0 Å². The minimum atomic E-state index is 0.620. The Hall–Kier alpha value is -2.10. The first-order valence-corrected chi connectivity index (χ1v) is 8.37. The quantitative estimate of drug-likeness (QED) is 0.930. The molecule has 1 fully saturated rings. The molecule has 3 rings (SSSR count). The van der Waals surface area contributed by atoms with Crippen molar-refractivity contribution in [2.24, 2.45) is 5.92 Å². The second-order valence-corrected chi connectivity index (χ2v) is 6.56. The molecule has 122 valence electrons. The summed E-state index contributed by atoms with van der Waals surface area (Å²) >= 11 is 0. The molecule has 0 atom stereocenters. The normalized spacial score (nSPS) is 21.1. The number of hydrogen-bond acceptors (Lipinski definition) is 4. The lowest BCUT2D eigenvalue weighted by molar-refractivity contribution is 0.323. The Kier molecular flexibility index (Phi) is 4.79. The van der Waals surface area contributed by atoms with E-state index in [9.17, 15) is 0 Å². The van der Waals surface area contributed by atoms with Gasteiger partial charge in [0.15, 0.2) is 0 Å². The van der Waals surface area contributed by atoms with Crippen LogP contribution in [0.2, 0.25) is 0 Å². The van der Waals surface area contributed by atoms with Crippen LogP contribution in [-0.2, 0) is 6.42 Å². The molecule has 2 N–H and O–H groups in total. The van der Waals surface area contributed by atoms with E-state index in [0.29, 0.717) is 17.7 Å². The number of nitrogens with zero attached hydrogens (tertiary/aromatic N) is 2. The number of rotatable bonds is 4. The van der Waals surface area contributed by atoms with Gasteiger partial charge in [0, 0.05) is 18.0 Å². The van der Waals surface area contributed by atoms with Gasteiger partial charge in [-0.3, -0.25) is 0 Å². The van der Waals surface area contributed by atoms with Gasteiger partial charge in [-0.2, -0.15) is 0 Å². The maximum absolute atomic E-state index is 5.97. The topological polar surface area (TPSA) is 61.0 Å². The molecule has 23 heavy (non-hydrogen) atoms. The van der Waals surface area contributed by atoms with Gasteiger partial charge in [-0.1, -0.05) is 6.07 Å². The van der Waals surface area contributed by atoms with Crippen LogP contribution in [0.25, 0.3) is 0 Å². The molecule has 0 unspecified atom stereocenters. The van der Waals surface area contributed by atoms with E-state index in [2.05, 4.69) is 29.0 Å². The Morgan fingerprint density at radius 3 is 2.65 bits per heavy atom. The van der Waals surface area contributed by atoms with E-state index in [1.54, 1.807) is 13.3 Å². The smallest absolute Gasteiger partial charge is 0.215 e. The van der Waals surface area contributed by atoms with E-state index in [-0.39, 0.29) is 0 Å². The molecule has 4 heteroatoms. The fourth-order valence-corrected chi connectivity index (χ4v) is 3.66. The Morgan fingerprint density at radius 2 is 2.00 bits per heavy atom. The van der Waals surface area contributed by atoms with Gasteiger partial charge in [0.05, 0.1) is 7.11 Å². The number of pyridine rings is 2. The number of methoxy groups -OCH3 is 1. The minimum Gasteiger partial charge on any atom is -0.481 e. The average molecular weight is 311 g/mol. The van der Waals surface area contributed by atoms with Gasteiger partial charge < -0.3 is 10.5 Å². The molecule has 0 aromatic carbocycles. The molecule has 2 aromatic rings. The SMILES string of the molecule is COc1ncc(C2CCC(Cc3cccnc3N)CC2)cc1C. The number of nitrogen functional groups attached to an aromatic ring is 1. The molecule has 1 aliphatic rings. The van der Waals surface area contributed by atoms with Crippen molar-refractivity contribution in [3.05, 3.63) is 47.3 Å². The monoisotopic (exact) mass is 311 g/mol. The highest BCUT2D eigenvalue weighted by Gasteiger charge is 2.23. The maximum Gasteiger partial charge on any atom is 0.215 e. The zero-order chi connectivity index (χ0) is 16.2. The Bertz CT molecular complexity index is 663. The molecule has 2 heterocycles. The second kappa shape index (κ2) is 6.99. The summed E-state index contributed by atoms with van der Waals surface area (Å²) in [7, 11) is 1.67. The fraction of sp³-hybridized carbons (Fsp3) is 0.474. The van der Waals surface area contributed by atoms with Crippen LogP contribution in [0.5, 0.6) is 5.88 Å². The van der Waals surface area contributed by atoms with Gasteiger partial charge in [-0.25, -0.2) is 9.97 Å². The lowest BCUT2D eigenvalue weighted by Crippen LogP contribution is -2.16. The summed E-state index contributed by atoms with van der Waals surface area (Å²) in [6.07, 6.45) is 9.71. The average Bonchev–Trinajstić information content (AvgIpc) is 2.57. The van der Waals surface area contributed by atoms with Crippen molar-refractivity contribution in [2.75, 3.05) is 12.8 Å². The van der Waals surface area contributed by atoms with E-state index in [0.717, 1.165) is 17.9 Å². The molecule has 2 aromatic heterocycles. The summed E-state index contributed by atoms with van der Waals surface area (Å²) in [5.74, 6) is 2.75. The molecular formula is C19H25N3O. The highest BCUT2D eigenvalue weighted by atomic mass is 16.5. The number of nitrogens with two attached hydrogens (primary N) is 1. The van der Waals surface area contributed by atoms with Crippen molar-refractivity contribution < 1.29 is 4.74 Å². The summed E-state index contributed by atoms with van der Waals surface area (Å²) < 4.78 is 5.25. The van der Waals surface area contributed by atoms with Crippen molar-refractivity contribution in [1.29, 1.82) is 0 Å². The van der Waals surface area contributed by atoms with Gasteiger partial charge in [-0.05, 0) is 74.1 Å². The van der Waals surface area contributed by atoms with Crippen LogP contribution in [0.4, 0.5) is 5.82 Å². The van der Waals surface area contributed by atoms with Crippen molar-refractivity contribution in [2.45, 2.75) is 44.9 Å². The summed E-state index contributed by atoms with van der Waals surface area (Å²) in [6, 6.07) is 6.31. The molecular weight excluding hydrogens is 286 g/mol. The summed E-state index contributed by atoms with van der Waals surface area (Å²) in [5.41, 5.74) is 9.63. The summed E-state index contributed by atoms with van der Waals surface area (Å²) in [4.78, 5) is 8.61. The first-order valence-electron chi connectivity index (χ1n) is 8.37. The third-order valence-electron chi connectivity index (χ3n) is 5.00. The molecule has 0 spiro atoms. The van der Waals surface area contributed by atoms with Crippen LogP contribution in [0.3, 0.4) is 0 Å². The van der Waals surface area contributed by atoms with E-state index < -0.39 is 0 Å². The zero-order valence-corrected chi connectivity index (χ0v) is 14.0. The number of aryl methyl sites for hydroxylation is 1. The predicted octanol–water partition coefficient (Wildman–Crippen LogP) is 3.89. The third-order valence-corrected chi connectivity index (χ3v) is 5.00. The first-order chi connectivity index (χ1) is 11.2. The molecule has 4 nitrogen and oxygen atoms in total. The van der Waals surface area contributed by atoms with Crippen molar-refractivity contribution >= 4 is 5.82 Å². The standard InChI is InChI=1S/C19H25N3O/c1-13-10-17(12-22-19(13)23-2)15-7-5-14(6-8-15)11-16-4-3-9-21-18(16)20/h3-4,9-10,12,14-15H,5-8,11H2,1-2H3,(H2,20,21). The van der Waals surface area contributed by atoms with Crippen LogP contribution in [0, 0.1) is 12.8 Å². The Morgan fingerprint density at radius 1 is 1.22 bits per heavy atom. The largest absolute Gasteiger partial charge is 0.481 e. The summed E-state index contributed by atoms with van der Waals surface area (Å²) in [5, 5.41) is 0. The summed E-state index contributed by atoms with van der Waals surface area (Å²) in [6.45, 7) is 2.06. The van der Waals surface area contributed by atoms with Crippen LogP contribution >= 0.6 is 0 Å². The van der Waals surface area contributed by atoms with Gasteiger partial charge in [0.2, 0.25) is 5.88 Å². The lowest BCUT2D eigenvalue weighted by atomic mass is 9.77. The number of ether oxygens (including phenoxy) is 1. The Balaban J connectivity index is 1.60. The van der Waals surface area contributed by atoms with Crippen molar-refractivity contribution in [1.82, 2.24) is 9.97 Å². The van der Waals surface area contributed by atoms with E-state index >= 15 is 0 Å². The maximum atomic E-state index is 5.97. The van der Waals surface area contributed by atoms with Crippen LogP contribution in [0.1, 0.15) is 48.3 Å². The molecule has 0 bridgehead atoms. The van der Waals surface area contributed by atoms with Crippen LogP contribution < -0.4 is 10.5 Å². The van der Waals surface area contributed by atoms with Gasteiger partial charge >= 0.3 is 0 Å². The Labute approximate surface area is 138 Å². The zero-order valence-electron chi connectivity index (χ0n) is 14.0. The molecule has 1 saturated carbocycles. The number of aromatic nitrogens is 2. The van der Waals surface area contributed by atoms with Crippen LogP contribution in [0.15, 0.2) is 30.6 Å². The second-order valence-electron chi connectivity index (χ2n) is 6.56. The van der Waals surface area contributed by atoms with E-state index in [4.69, 9.17) is 10.5 Å². The number of hydrogen-bond donors (Lipinski definition) is 1. The van der Waals surface area contributed by atoms with Crippen molar-refractivity contribution in [3.8, 4) is 5.88 Å². The highest BCUT2D eigenvalue weighted by molar-refractivity contribution is 5.38. The molecule has 0 radical (unpaired) electrons. The molecule has 0 saturated heterocycles. The fourth-order valence-electron chi connectivity index (χ4n) is 3.66. The van der Waals surface area contributed by atoms with E-state index in [1.165, 1.54) is 36.8 Å². The molecule has 0 aliphatic heterocycles. The first kappa shape index (κ1) is 15.8. The molecule has 0 amide bonds. The number of anilines is 1. The van der Waals surface area contributed by atoms with Crippen molar-refractivity contribution in [3.63, 3.8) is 0 Å². The third kappa shape index (κ3) is 3.63. The predicted molar refractivity (Wildman–Crippen MR) is 92.6 cm³/mol. The highest BCUT2D eigenvalue weighted by Crippen LogP contribution is 2.38. The lowest BCUT2D eigenvalue weighted by Gasteiger charge is -2.29. The van der Waals surface area contributed by atoms with Crippen LogP contribution in [-0.4, -0.2) is 17.1 Å².